The zero-order chi connectivity index (χ0) is 17.1. The Morgan fingerprint density at radius 2 is 2.00 bits per heavy atom. The number of nitrogens with zero attached hydrogens (tertiary/aromatic N) is 4. The molecule has 3 rings (SSSR count). The fourth-order valence-electron chi connectivity index (χ4n) is 2.14. The molecule has 0 saturated carbocycles. The van der Waals surface area contributed by atoms with Crippen LogP contribution in [0.2, 0.25) is 0 Å². The van der Waals surface area contributed by atoms with Crippen LogP contribution in [0.5, 0.6) is 0 Å². The summed E-state index contributed by atoms with van der Waals surface area (Å²) in [5.41, 5.74) is 8.10. The molecule has 8 heteroatoms. The van der Waals surface area contributed by atoms with E-state index in [-0.39, 0.29) is 11.6 Å². The molecule has 0 aliphatic rings. The monoisotopic (exact) mass is 385 g/mol. The normalized spacial score (nSPS) is 11.0. The van der Waals surface area contributed by atoms with Gasteiger partial charge in [-0.2, -0.15) is 9.78 Å². The zero-order valence-electron chi connectivity index (χ0n) is 12.3. The first-order valence-corrected chi connectivity index (χ1v) is 7.72. The van der Waals surface area contributed by atoms with Crippen molar-refractivity contribution in [1.82, 2.24) is 9.66 Å². The zero-order valence-corrected chi connectivity index (χ0v) is 13.9. The van der Waals surface area contributed by atoms with E-state index < -0.39 is 4.92 Å². The number of benzene rings is 2. The summed E-state index contributed by atoms with van der Waals surface area (Å²) in [6.07, 6.45) is 3.14. The number of nitrogen functional groups attached to an aromatic ring is 1. The van der Waals surface area contributed by atoms with Gasteiger partial charge in [-0.15, -0.1) is 0 Å². The molecular weight excluding hydrogens is 374 g/mol. The molecule has 24 heavy (non-hydrogen) atoms. The Morgan fingerprint density at radius 3 is 2.71 bits per heavy atom. The molecule has 0 bridgehead atoms. The molecule has 0 aliphatic carbocycles. The Kier molecular flexibility index (Phi) is 4.39. The van der Waals surface area contributed by atoms with Crippen molar-refractivity contribution < 1.29 is 4.92 Å². The topological polar surface area (TPSA) is 99.3 Å². The van der Waals surface area contributed by atoms with Gasteiger partial charge in [-0.1, -0.05) is 40.2 Å². The van der Waals surface area contributed by atoms with E-state index in [1.54, 1.807) is 18.3 Å². The fraction of sp³-hybridized carbons (Fsp3) is 0. The Morgan fingerprint density at radius 1 is 1.25 bits per heavy atom. The minimum atomic E-state index is -0.448. The highest BCUT2D eigenvalue weighted by molar-refractivity contribution is 9.10. The summed E-state index contributed by atoms with van der Waals surface area (Å²) >= 11 is 3.39. The lowest BCUT2D eigenvalue weighted by Gasteiger charge is -2.04. The molecule has 0 aliphatic heterocycles. The smallest absolute Gasteiger partial charge is 0.270 e. The third kappa shape index (κ3) is 3.33. The third-order valence-electron chi connectivity index (χ3n) is 3.31. The minimum Gasteiger partial charge on any atom is -0.368 e. The van der Waals surface area contributed by atoms with Gasteiger partial charge in [-0.05, 0) is 12.1 Å². The summed E-state index contributed by atoms with van der Waals surface area (Å²) in [7, 11) is 0. The van der Waals surface area contributed by atoms with Crippen LogP contribution in [0.4, 0.5) is 11.6 Å². The van der Waals surface area contributed by atoms with Crippen LogP contribution in [-0.4, -0.2) is 20.8 Å². The lowest BCUT2D eigenvalue weighted by atomic mass is 10.2. The maximum atomic E-state index is 10.8. The molecule has 0 atom stereocenters. The van der Waals surface area contributed by atoms with Crippen molar-refractivity contribution in [1.29, 1.82) is 0 Å². The van der Waals surface area contributed by atoms with Crippen LogP contribution in [-0.2, 0) is 0 Å². The van der Waals surface area contributed by atoms with Gasteiger partial charge in [0.05, 0.1) is 23.0 Å². The molecule has 1 heterocycles. The number of nitro groups is 1. The number of halogens is 1. The summed E-state index contributed by atoms with van der Waals surface area (Å²) in [4.78, 5) is 14.5. The second kappa shape index (κ2) is 6.63. The molecule has 1 aromatic heterocycles. The summed E-state index contributed by atoms with van der Waals surface area (Å²) in [6, 6.07) is 13.8. The number of imidazole rings is 1. The Hall–Kier alpha value is -3.00. The second-order valence-electron chi connectivity index (χ2n) is 4.92. The van der Waals surface area contributed by atoms with E-state index in [9.17, 15) is 10.1 Å². The molecule has 0 amide bonds. The van der Waals surface area contributed by atoms with Crippen molar-refractivity contribution in [2.45, 2.75) is 0 Å². The molecule has 0 saturated heterocycles. The van der Waals surface area contributed by atoms with Crippen molar-refractivity contribution in [3.63, 3.8) is 0 Å². The molecule has 0 spiro atoms. The predicted molar refractivity (Wildman–Crippen MR) is 95.9 cm³/mol. The van der Waals surface area contributed by atoms with Crippen molar-refractivity contribution in [3.05, 3.63) is 74.9 Å². The third-order valence-corrected chi connectivity index (χ3v) is 3.84. The van der Waals surface area contributed by atoms with Gasteiger partial charge in [-0.3, -0.25) is 10.1 Å². The largest absolute Gasteiger partial charge is 0.368 e. The van der Waals surface area contributed by atoms with Crippen LogP contribution < -0.4 is 5.73 Å². The molecule has 2 aromatic carbocycles. The number of nitrogens with two attached hydrogens (primary N) is 1. The van der Waals surface area contributed by atoms with Crippen LogP contribution in [0.15, 0.2) is 64.3 Å². The maximum Gasteiger partial charge on any atom is 0.270 e. The SMILES string of the molecule is Nc1ncc(-c2ccc(Br)cc2)n1N=Cc1cccc([N+](=O)[O-])c1. The van der Waals surface area contributed by atoms with Crippen LogP contribution in [0.3, 0.4) is 0 Å². The first-order valence-electron chi connectivity index (χ1n) is 6.92. The summed E-state index contributed by atoms with van der Waals surface area (Å²) < 4.78 is 2.45. The number of hydrogen-bond acceptors (Lipinski definition) is 5. The van der Waals surface area contributed by atoms with Crippen molar-refractivity contribution in [3.8, 4) is 11.3 Å². The van der Waals surface area contributed by atoms with E-state index in [0.717, 1.165) is 15.7 Å². The first kappa shape index (κ1) is 15.9. The van der Waals surface area contributed by atoms with E-state index in [1.807, 2.05) is 24.3 Å². The molecule has 7 nitrogen and oxygen atoms in total. The Balaban J connectivity index is 1.96. The van der Waals surface area contributed by atoms with Gasteiger partial charge in [0.25, 0.3) is 5.69 Å². The van der Waals surface area contributed by atoms with Gasteiger partial charge >= 0.3 is 0 Å². The van der Waals surface area contributed by atoms with Crippen molar-refractivity contribution in [2.24, 2.45) is 5.10 Å². The summed E-state index contributed by atoms with van der Waals surface area (Å²) in [6.45, 7) is 0. The lowest BCUT2D eigenvalue weighted by Crippen LogP contribution is -2.00. The van der Waals surface area contributed by atoms with Gasteiger partial charge in [-0.25, -0.2) is 4.98 Å². The van der Waals surface area contributed by atoms with E-state index in [0.29, 0.717) is 5.56 Å². The Bertz CT molecular complexity index is 918. The predicted octanol–water partition coefficient (Wildman–Crippen LogP) is 3.69. The quantitative estimate of drug-likeness (QED) is 0.420. The highest BCUT2D eigenvalue weighted by atomic mass is 79.9. The van der Waals surface area contributed by atoms with Gasteiger partial charge in [0, 0.05) is 27.7 Å². The molecule has 2 N–H and O–H groups in total. The van der Waals surface area contributed by atoms with Crippen LogP contribution in [0.1, 0.15) is 5.56 Å². The van der Waals surface area contributed by atoms with E-state index in [4.69, 9.17) is 5.73 Å². The van der Waals surface area contributed by atoms with Crippen LogP contribution >= 0.6 is 15.9 Å². The van der Waals surface area contributed by atoms with Gasteiger partial charge in [0.15, 0.2) is 0 Å². The fourth-order valence-corrected chi connectivity index (χ4v) is 2.41. The Labute approximate surface area is 145 Å². The highest BCUT2D eigenvalue weighted by Crippen LogP contribution is 2.24. The molecular formula is C16H12BrN5O2. The maximum absolute atomic E-state index is 10.8. The molecule has 0 unspecified atom stereocenters. The van der Waals surface area contributed by atoms with E-state index >= 15 is 0 Å². The lowest BCUT2D eigenvalue weighted by molar-refractivity contribution is -0.384. The summed E-state index contributed by atoms with van der Waals surface area (Å²) in [5.74, 6) is 0.231. The number of nitro benzene ring substituents is 1. The van der Waals surface area contributed by atoms with E-state index in [2.05, 4.69) is 26.0 Å². The average molecular weight is 386 g/mol. The number of aromatic nitrogens is 2. The number of non-ortho nitro benzene ring substituents is 1. The van der Waals surface area contributed by atoms with Gasteiger partial charge < -0.3 is 5.73 Å². The first-order chi connectivity index (χ1) is 11.5. The second-order valence-corrected chi connectivity index (χ2v) is 5.83. The number of hydrogen-bond donors (Lipinski definition) is 1. The van der Waals surface area contributed by atoms with Gasteiger partial charge in [0.1, 0.15) is 0 Å². The minimum absolute atomic E-state index is 0.00526. The molecule has 0 fully saturated rings. The van der Waals surface area contributed by atoms with Crippen LogP contribution in [0.25, 0.3) is 11.3 Å². The standard InChI is InChI=1S/C16H12BrN5O2/c17-13-6-4-12(5-7-13)15-10-19-16(18)21(15)20-9-11-2-1-3-14(8-11)22(23)24/h1-10H,(H2,18,19). The molecule has 120 valence electrons. The van der Waals surface area contributed by atoms with E-state index in [1.165, 1.54) is 23.0 Å². The number of rotatable bonds is 4. The summed E-state index contributed by atoms with van der Waals surface area (Å²) in [5, 5.41) is 15.1. The van der Waals surface area contributed by atoms with Crippen molar-refractivity contribution in [2.75, 3.05) is 5.73 Å². The molecule has 3 aromatic rings. The molecule has 0 radical (unpaired) electrons. The highest BCUT2D eigenvalue weighted by Gasteiger charge is 2.09. The van der Waals surface area contributed by atoms with Crippen LogP contribution in [0, 0.1) is 10.1 Å². The number of anilines is 1. The average Bonchev–Trinajstić information content (AvgIpc) is 2.95. The van der Waals surface area contributed by atoms with Crippen molar-refractivity contribution >= 4 is 33.8 Å². The van der Waals surface area contributed by atoms with Gasteiger partial charge in [0.2, 0.25) is 5.95 Å².